The van der Waals surface area contributed by atoms with Gasteiger partial charge in [-0.05, 0) is 0 Å². The lowest BCUT2D eigenvalue weighted by Gasteiger charge is -2.36. The number of rotatable bonds is 6. The summed E-state index contributed by atoms with van der Waals surface area (Å²) in [5.74, 6) is -35.9. The van der Waals surface area contributed by atoms with Crippen LogP contribution in [0, 0.1) is 6.43 Å². The van der Waals surface area contributed by atoms with E-state index in [4.69, 9.17) is 0 Å². The van der Waals surface area contributed by atoms with E-state index >= 15 is 0 Å². The third-order valence-corrected chi connectivity index (χ3v) is 2.35. The fraction of sp³-hybridized carbons (Fsp3) is 0.875. The summed E-state index contributed by atoms with van der Waals surface area (Å²) >= 11 is 0. The van der Waals surface area contributed by atoms with E-state index in [-0.39, 0.29) is 0 Å². The SMILES string of the molecule is F[C](F)C(F)(F)C(F)(F)CC(F)(F)C(F)(F)C(F)(F)C(F)(F)F. The van der Waals surface area contributed by atoms with Gasteiger partial charge in [0.05, 0.1) is 6.42 Å². The predicted octanol–water partition coefficient (Wildman–Crippen LogP) is 5.54. The summed E-state index contributed by atoms with van der Waals surface area (Å²) in [5.41, 5.74) is 0. The molecule has 23 heavy (non-hydrogen) atoms. The standard InChI is InChI=1S/C8H2F15/c9-2(10)5(15,16)3(11,12)1-4(13,14)6(17,18)7(19,20)8(21,22)23/h1H2. The van der Waals surface area contributed by atoms with Crippen LogP contribution in [0.1, 0.15) is 6.42 Å². The molecule has 0 amide bonds. The molecule has 1 radical (unpaired) electrons. The maximum Gasteiger partial charge on any atom is 0.460 e. The quantitative estimate of drug-likeness (QED) is 0.528. The Morgan fingerprint density at radius 1 is 0.522 bits per heavy atom. The Morgan fingerprint density at radius 2 is 0.870 bits per heavy atom. The highest BCUT2D eigenvalue weighted by Gasteiger charge is 2.83. The molecule has 0 heterocycles. The molecule has 0 bridgehead atoms. The third kappa shape index (κ3) is 3.41. The maximum atomic E-state index is 12.7. The second-order valence-electron chi connectivity index (χ2n) is 4.07. The Hall–Kier alpha value is -1.05. The van der Waals surface area contributed by atoms with Gasteiger partial charge in [0, 0.05) is 0 Å². The van der Waals surface area contributed by atoms with Crippen LogP contribution in [0.25, 0.3) is 0 Å². The van der Waals surface area contributed by atoms with Gasteiger partial charge in [0.1, 0.15) is 0 Å². The zero-order valence-electron chi connectivity index (χ0n) is 9.88. The average molecular weight is 383 g/mol. The largest absolute Gasteiger partial charge is 0.460 e. The smallest absolute Gasteiger partial charge is 0.199 e. The lowest BCUT2D eigenvalue weighted by molar-refractivity contribution is -0.404. The first-order valence-corrected chi connectivity index (χ1v) is 4.79. The van der Waals surface area contributed by atoms with E-state index in [1.807, 2.05) is 0 Å². The Balaban J connectivity index is 5.83. The van der Waals surface area contributed by atoms with E-state index in [1.165, 1.54) is 0 Å². The molecule has 0 atom stereocenters. The lowest BCUT2D eigenvalue weighted by Crippen LogP contribution is -2.63. The van der Waals surface area contributed by atoms with Gasteiger partial charge >= 0.3 is 42.2 Å². The molecule has 0 aliphatic carbocycles. The minimum Gasteiger partial charge on any atom is -0.199 e. The molecule has 139 valence electrons. The highest BCUT2D eigenvalue weighted by molar-refractivity contribution is 5.06. The van der Waals surface area contributed by atoms with Crippen LogP contribution in [-0.4, -0.2) is 35.8 Å². The molecular formula is C8H2F15. The first-order valence-electron chi connectivity index (χ1n) is 4.79. The van der Waals surface area contributed by atoms with Gasteiger partial charge in [0.15, 0.2) is 0 Å². The first kappa shape index (κ1) is 21.9. The van der Waals surface area contributed by atoms with Crippen LogP contribution in [0.3, 0.4) is 0 Å². The van der Waals surface area contributed by atoms with Crippen molar-refractivity contribution in [2.24, 2.45) is 0 Å². The van der Waals surface area contributed by atoms with Gasteiger partial charge in [-0.3, -0.25) is 0 Å². The summed E-state index contributed by atoms with van der Waals surface area (Å²) in [6.45, 7) is 0. The van der Waals surface area contributed by atoms with Crippen LogP contribution in [0.15, 0.2) is 0 Å². The van der Waals surface area contributed by atoms with E-state index in [9.17, 15) is 65.9 Å². The molecule has 0 spiro atoms. The van der Waals surface area contributed by atoms with E-state index in [2.05, 4.69) is 0 Å². The molecule has 0 saturated carbocycles. The van der Waals surface area contributed by atoms with Gasteiger partial charge in [-0.2, -0.15) is 65.9 Å². The van der Waals surface area contributed by atoms with Crippen molar-refractivity contribution < 1.29 is 65.9 Å². The molecule has 0 N–H and O–H groups in total. The van der Waals surface area contributed by atoms with Crippen molar-refractivity contribution in [1.82, 2.24) is 0 Å². The molecule has 0 aliphatic heterocycles. The molecule has 0 rings (SSSR count). The van der Waals surface area contributed by atoms with Crippen LogP contribution < -0.4 is 0 Å². The molecule has 0 aromatic carbocycles. The van der Waals surface area contributed by atoms with Crippen LogP contribution in [0.4, 0.5) is 65.9 Å². The summed E-state index contributed by atoms with van der Waals surface area (Å²) in [6.07, 6.45) is -16.3. The summed E-state index contributed by atoms with van der Waals surface area (Å²) in [5, 5.41) is 0. The fourth-order valence-corrected chi connectivity index (χ4v) is 1.05. The molecule has 0 unspecified atom stereocenters. The topological polar surface area (TPSA) is 0 Å². The van der Waals surface area contributed by atoms with E-state index in [0.717, 1.165) is 0 Å². The zero-order chi connectivity index (χ0) is 19.3. The van der Waals surface area contributed by atoms with Gasteiger partial charge in [0.25, 0.3) is 0 Å². The van der Waals surface area contributed by atoms with Gasteiger partial charge in [-0.15, -0.1) is 0 Å². The zero-order valence-corrected chi connectivity index (χ0v) is 9.88. The van der Waals surface area contributed by atoms with Crippen LogP contribution in [0.2, 0.25) is 0 Å². The van der Waals surface area contributed by atoms with Crippen molar-refractivity contribution >= 4 is 0 Å². The van der Waals surface area contributed by atoms with E-state index < -0.39 is 48.6 Å². The Kier molecular flexibility index (Phi) is 5.25. The van der Waals surface area contributed by atoms with E-state index in [0.29, 0.717) is 0 Å². The monoisotopic (exact) mass is 383 g/mol. The third-order valence-electron chi connectivity index (χ3n) is 2.35. The highest BCUT2D eigenvalue weighted by atomic mass is 19.4. The molecule has 0 aromatic rings. The number of alkyl halides is 13. The van der Waals surface area contributed by atoms with Crippen LogP contribution in [-0.2, 0) is 0 Å². The van der Waals surface area contributed by atoms with Crippen molar-refractivity contribution in [1.29, 1.82) is 0 Å². The van der Waals surface area contributed by atoms with Gasteiger partial charge in [-0.1, -0.05) is 0 Å². The summed E-state index contributed by atoms with van der Waals surface area (Å²) in [6, 6.07) is 0. The van der Waals surface area contributed by atoms with E-state index in [1.54, 1.807) is 0 Å². The highest BCUT2D eigenvalue weighted by Crippen LogP contribution is 2.57. The Morgan fingerprint density at radius 3 is 1.13 bits per heavy atom. The Bertz CT molecular complexity index is 416. The Labute approximate surface area is 116 Å². The molecule has 0 nitrogen and oxygen atoms in total. The van der Waals surface area contributed by atoms with Crippen LogP contribution in [0.5, 0.6) is 0 Å². The second kappa shape index (κ2) is 5.50. The van der Waals surface area contributed by atoms with Gasteiger partial charge in [-0.25, -0.2) is 0 Å². The molecule has 0 aromatic heterocycles. The minimum atomic E-state index is -7.62. The molecular weight excluding hydrogens is 381 g/mol. The van der Waals surface area contributed by atoms with Gasteiger partial charge in [0.2, 0.25) is 0 Å². The molecule has 0 fully saturated rings. The predicted molar refractivity (Wildman–Crippen MR) is 40.9 cm³/mol. The van der Waals surface area contributed by atoms with Crippen molar-refractivity contribution in [2.75, 3.05) is 0 Å². The molecule has 0 aliphatic rings. The normalized spacial score (nSPS) is 16.2. The average Bonchev–Trinajstić information content (AvgIpc) is 2.24. The van der Waals surface area contributed by atoms with Crippen molar-refractivity contribution in [3.8, 4) is 0 Å². The maximum absolute atomic E-state index is 12.7. The summed E-state index contributed by atoms with van der Waals surface area (Å²) in [4.78, 5) is 0. The molecule has 15 heteroatoms. The van der Waals surface area contributed by atoms with Crippen molar-refractivity contribution in [3.05, 3.63) is 6.43 Å². The van der Waals surface area contributed by atoms with Crippen molar-refractivity contribution in [3.63, 3.8) is 0 Å². The minimum absolute atomic E-state index is 4.40. The number of hydrogen-bond acceptors (Lipinski definition) is 0. The summed E-state index contributed by atoms with van der Waals surface area (Å²) < 4.78 is 183. The van der Waals surface area contributed by atoms with Crippen molar-refractivity contribution in [2.45, 2.75) is 42.2 Å². The molecule has 0 saturated heterocycles. The summed E-state index contributed by atoms with van der Waals surface area (Å²) in [7, 11) is 0. The fourth-order valence-electron chi connectivity index (χ4n) is 1.05. The number of halogens is 15. The lowest BCUT2D eigenvalue weighted by atomic mass is 9.95. The number of hydrogen-bond donors (Lipinski definition) is 0. The first-order chi connectivity index (χ1) is 9.65. The van der Waals surface area contributed by atoms with Gasteiger partial charge < -0.3 is 0 Å². The van der Waals surface area contributed by atoms with Crippen LogP contribution >= 0.6 is 0 Å². The second-order valence-corrected chi connectivity index (χ2v) is 4.07.